The molecule has 0 saturated carbocycles. The number of allylic oxidation sites excluding steroid dienone is 2. The summed E-state index contributed by atoms with van der Waals surface area (Å²) in [6, 6.07) is 18.6. The Morgan fingerprint density at radius 1 is 0.905 bits per heavy atom. The summed E-state index contributed by atoms with van der Waals surface area (Å²) in [5.41, 5.74) is 6.00. The Bertz CT molecular complexity index is 1580. The number of hydrogen-bond donors (Lipinski definition) is 1. The molecule has 1 N–H and O–H groups in total. The summed E-state index contributed by atoms with van der Waals surface area (Å²) >= 11 is 0. The first-order chi connectivity index (χ1) is 19.1. The van der Waals surface area contributed by atoms with Gasteiger partial charge in [0.05, 0.1) is 5.52 Å². The van der Waals surface area contributed by atoms with E-state index in [4.69, 9.17) is 9.97 Å². The molecule has 5 heteroatoms. The molecule has 0 unspecified atom stereocenters. The third-order valence-electron chi connectivity index (χ3n) is 8.25. The average molecular weight is 744 g/mol. The smallest absolute Gasteiger partial charge is 0.164 e. The second-order valence-electron chi connectivity index (χ2n) is 12.8. The van der Waals surface area contributed by atoms with Crippen LogP contribution in [0.2, 0.25) is 0 Å². The van der Waals surface area contributed by atoms with Crippen LogP contribution in [0.25, 0.3) is 32.9 Å². The van der Waals surface area contributed by atoms with Gasteiger partial charge in [-0.05, 0) is 41.8 Å². The fourth-order valence-electron chi connectivity index (χ4n) is 4.51. The van der Waals surface area contributed by atoms with Crippen LogP contribution in [-0.2, 0) is 24.9 Å². The molecule has 4 aromatic rings. The predicted octanol–water partition coefficient (Wildman–Crippen LogP) is 10.2. The molecule has 227 valence electrons. The topological polar surface area (TPSA) is 63.1 Å². The fourth-order valence-corrected chi connectivity index (χ4v) is 4.51. The van der Waals surface area contributed by atoms with Crippen LogP contribution >= 0.6 is 0 Å². The third kappa shape index (κ3) is 7.94. The maximum atomic E-state index is 11.8. The van der Waals surface area contributed by atoms with Gasteiger partial charge in [-0.3, -0.25) is 9.78 Å². The monoisotopic (exact) mass is 744 g/mol. The van der Waals surface area contributed by atoms with Crippen LogP contribution in [0.15, 0.2) is 54.3 Å². The summed E-state index contributed by atoms with van der Waals surface area (Å²) in [5, 5.41) is 13.4. The minimum absolute atomic E-state index is 0. The van der Waals surface area contributed by atoms with Gasteiger partial charge in [0.25, 0.3) is 0 Å². The summed E-state index contributed by atoms with van der Waals surface area (Å²) in [4.78, 5) is 21.7. The SMILES string of the molecule is CCC(C)(C)C(=O)/C=C(\O)C(C)(C)CC.Cc1[c-]c(-c2nc(C(C)C)nc3c2cc(C)c2ccccc23)cc(C)c1.[Ir]. The predicted molar refractivity (Wildman–Crippen MR) is 173 cm³/mol. The minimum Gasteiger partial charge on any atom is -0.512 e. The van der Waals surface area contributed by atoms with Gasteiger partial charge >= 0.3 is 0 Å². The molecule has 4 rings (SSSR count). The number of carbonyl (C=O) groups is 1. The van der Waals surface area contributed by atoms with E-state index in [1.807, 2.05) is 41.5 Å². The van der Waals surface area contributed by atoms with Gasteiger partial charge in [0.1, 0.15) is 11.6 Å². The molecule has 1 heterocycles. The first-order valence-electron chi connectivity index (χ1n) is 14.8. The zero-order chi connectivity index (χ0) is 30.7. The summed E-state index contributed by atoms with van der Waals surface area (Å²) in [6.45, 7) is 22.3. The Labute approximate surface area is 266 Å². The maximum Gasteiger partial charge on any atom is 0.164 e. The van der Waals surface area contributed by atoms with Crippen molar-refractivity contribution >= 4 is 27.5 Å². The van der Waals surface area contributed by atoms with E-state index < -0.39 is 0 Å². The Balaban J connectivity index is 0.000000334. The van der Waals surface area contributed by atoms with Crippen LogP contribution in [0.3, 0.4) is 0 Å². The molecule has 0 amide bonds. The van der Waals surface area contributed by atoms with Crippen molar-refractivity contribution in [3.8, 4) is 11.3 Å². The quantitative estimate of drug-likeness (QED) is 0.0886. The first kappa shape index (κ1) is 35.3. The van der Waals surface area contributed by atoms with Crippen molar-refractivity contribution in [2.75, 3.05) is 0 Å². The number of hydrogen-bond acceptors (Lipinski definition) is 4. The van der Waals surface area contributed by atoms with Crippen LogP contribution < -0.4 is 0 Å². The van der Waals surface area contributed by atoms with Crippen molar-refractivity contribution in [1.29, 1.82) is 0 Å². The van der Waals surface area contributed by atoms with E-state index >= 15 is 0 Å². The van der Waals surface area contributed by atoms with Gasteiger partial charge in [-0.2, -0.15) is 0 Å². The molecule has 0 aliphatic carbocycles. The number of aryl methyl sites for hydroxylation is 3. The van der Waals surface area contributed by atoms with Crippen molar-refractivity contribution in [3.05, 3.63) is 82.9 Å². The third-order valence-corrected chi connectivity index (χ3v) is 8.25. The number of benzene rings is 3. The van der Waals surface area contributed by atoms with Crippen LogP contribution in [0.5, 0.6) is 0 Å². The molecule has 3 aromatic carbocycles. The molecular weight excluding hydrogens is 697 g/mol. The molecule has 1 aromatic heterocycles. The van der Waals surface area contributed by atoms with Gasteiger partial charge in [-0.1, -0.05) is 99.6 Å². The van der Waals surface area contributed by atoms with Gasteiger partial charge < -0.3 is 5.11 Å². The molecule has 0 bridgehead atoms. The fraction of sp³-hybridized carbons (Fsp3) is 0.432. The van der Waals surface area contributed by atoms with Gasteiger partial charge in [-0.25, -0.2) is 4.98 Å². The Kier molecular flexibility index (Phi) is 11.8. The first-order valence-corrected chi connectivity index (χ1v) is 14.8. The Hall–Kier alpha value is -2.88. The Morgan fingerprint density at radius 2 is 1.50 bits per heavy atom. The maximum absolute atomic E-state index is 11.8. The molecule has 0 spiro atoms. The van der Waals surface area contributed by atoms with Gasteiger partial charge in [-0.15, -0.1) is 34.9 Å². The molecule has 0 aliphatic heterocycles. The summed E-state index contributed by atoms with van der Waals surface area (Å²) in [6.07, 6.45) is 2.99. The number of nitrogens with zero attached hydrogens (tertiary/aromatic N) is 2. The van der Waals surface area contributed by atoms with E-state index in [9.17, 15) is 9.90 Å². The minimum atomic E-state index is -0.377. The van der Waals surface area contributed by atoms with Crippen LogP contribution in [0.1, 0.15) is 96.7 Å². The number of aromatic nitrogens is 2. The molecule has 0 aliphatic rings. The average Bonchev–Trinajstić information content (AvgIpc) is 2.92. The second-order valence-corrected chi connectivity index (χ2v) is 12.8. The molecule has 0 saturated heterocycles. The normalized spacial score (nSPS) is 12.2. The van der Waals surface area contributed by atoms with Gasteiger partial charge in [0.2, 0.25) is 0 Å². The molecule has 4 nitrogen and oxygen atoms in total. The van der Waals surface area contributed by atoms with E-state index in [2.05, 4.69) is 83.1 Å². The number of ketones is 1. The summed E-state index contributed by atoms with van der Waals surface area (Å²) in [7, 11) is 0. The number of fused-ring (bicyclic) bond motifs is 3. The standard InChI is InChI=1S/C24H23N2.C13H24O2.Ir/c1-14(2)24-25-22(18-11-15(3)10-16(4)12-18)21-13-17(5)19-8-6-7-9-20(19)23(21)26-24;1-7-12(3,4)10(14)9-11(15)13(5,6)8-2;/h6-11,13-14H,1-5H3;9,14H,7-8H2,1-6H3;/q-1;;/b;10-9-;. The van der Waals surface area contributed by atoms with Gasteiger partial charge in [0.15, 0.2) is 5.78 Å². The van der Waals surface area contributed by atoms with Crippen LogP contribution in [0, 0.1) is 37.7 Å². The Morgan fingerprint density at radius 3 is 2.05 bits per heavy atom. The van der Waals surface area contributed by atoms with Gasteiger partial charge in [0, 0.05) is 48.3 Å². The largest absolute Gasteiger partial charge is 0.512 e. The molecule has 0 atom stereocenters. The van der Waals surface area contributed by atoms with Crippen molar-refractivity contribution < 1.29 is 30.0 Å². The summed E-state index contributed by atoms with van der Waals surface area (Å²) in [5.74, 6) is 1.35. The van der Waals surface area contributed by atoms with E-state index in [1.54, 1.807) is 0 Å². The van der Waals surface area contributed by atoms with Crippen molar-refractivity contribution in [1.82, 2.24) is 9.97 Å². The number of carbonyl (C=O) groups excluding carboxylic acids is 1. The van der Waals surface area contributed by atoms with E-state index in [1.165, 1.54) is 28.0 Å². The van der Waals surface area contributed by atoms with Crippen LogP contribution in [-0.4, -0.2) is 20.9 Å². The van der Waals surface area contributed by atoms with Crippen molar-refractivity contribution in [3.63, 3.8) is 0 Å². The number of rotatable bonds is 7. The van der Waals surface area contributed by atoms with Crippen molar-refractivity contribution in [2.24, 2.45) is 10.8 Å². The molecular formula is C37H47IrN2O2-. The zero-order valence-corrected chi connectivity index (χ0v) is 29.6. The summed E-state index contributed by atoms with van der Waals surface area (Å²) < 4.78 is 0. The number of aliphatic hydroxyl groups excluding tert-OH is 1. The second kappa shape index (κ2) is 14.1. The zero-order valence-electron chi connectivity index (χ0n) is 27.2. The van der Waals surface area contributed by atoms with E-state index in [-0.39, 0.29) is 48.4 Å². The van der Waals surface area contributed by atoms with E-state index in [0.29, 0.717) is 0 Å². The molecule has 0 fully saturated rings. The molecule has 1 radical (unpaired) electrons. The number of aliphatic hydroxyl groups is 1. The van der Waals surface area contributed by atoms with Crippen molar-refractivity contribution in [2.45, 2.75) is 94.9 Å². The van der Waals surface area contributed by atoms with Crippen LogP contribution in [0.4, 0.5) is 0 Å². The molecule has 42 heavy (non-hydrogen) atoms. The van der Waals surface area contributed by atoms with E-state index in [0.717, 1.165) is 46.4 Å².